The highest BCUT2D eigenvalue weighted by Gasteiger charge is 2.18. The summed E-state index contributed by atoms with van der Waals surface area (Å²) in [6.45, 7) is 2.04. The van der Waals surface area contributed by atoms with E-state index in [1.807, 2.05) is 47.3 Å². The van der Waals surface area contributed by atoms with Gasteiger partial charge in [0.2, 0.25) is 0 Å². The Hall–Kier alpha value is -2.63. The fraction of sp³-hybridized carbons (Fsp3) is 0.0526. The van der Waals surface area contributed by atoms with Crippen molar-refractivity contribution >= 4 is 49.7 Å². The zero-order valence-corrected chi connectivity index (χ0v) is 14.8. The third-order valence-electron chi connectivity index (χ3n) is 4.36. The minimum atomic E-state index is -0.0966. The summed E-state index contributed by atoms with van der Waals surface area (Å²) < 4.78 is 4.58. The van der Waals surface area contributed by atoms with Crippen LogP contribution in [0.4, 0.5) is 0 Å². The Morgan fingerprint density at radius 2 is 1.88 bits per heavy atom. The molecule has 122 valence electrons. The summed E-state index contributed by atoms with van der Waals surface area (Å²) in [5.74, 6) is 0. The second-order valence-electron chi connectivity index (χ2n) is 6.00. The maximum atomic E-state index is 13.2. The Morgan fingerprint density at radius 3 is 2.68 bits per heavy atom. The number of benzene rings is 2. The van der Waals surface area contributed by atoms with Gasteiger partial charge < -0.3 is 0 Å². The first-order chi connectivity index (χ1) is 12.1. The van der Waals surface area contributed by atoms with E-state index >= 15 is 0 Å². The molecule has 0 saturated carbocycles. The van der Waals surface area contributed by atoms with Gasteiger partial charge in [0.15, 0.2) is 5.65 Å². The van der Waals surface area contributed by atoms with Gasteiger partial charge in [0.1, 0.15) is 0 Å². The average molecular weight is 366 g/mol. The highest BCUT2D eigenvalue weighted by Crippen LogP contribution is 2.29. The molecule has 0 aliphatic heterocycles. The van der Waals surface area contributed by atoms with E-state index in [0.29, 0.717) is 21.6 Å². The molecule has 0 unspecified atom stereocenters. The van der Waals surface area contributed by atoms with Crippen molar-refractivity contribution in [1.82, 2.24) is 14.2 Å². The Bertz CT molecular complexity index is 1330. The molecule has 0 fully saturated rings. The number of halogens is 1. The smallest absolute Gasteiger partial charge is 0.267 e. The minimum absolute atomic E-state index is 0.0966. The lowest BCUT2D eigenvalue weighted by Gasteiger charge is -2.09. The topological polar surface area (TPSA) is 39.3 Å². The third-order valence-corrected chi connectivity index (χ3v) is 5.50. The van der Waals surface area contributed by atoms with E-state index in [9.17, 15) is 4.79 Å². The van der Waals surface area contributed by atoms with Crippen LogP contribution in [-0.4, -0.2) is 14.2 Å². The molecular weight excluding hydrogens is 354 g/mol. The summed E-state index contributed by atoms with van der Waals surface area (Å²) in [5, 5.41) is 3.15. The lowest BCUT2D eigenvalue weighted by Crippen LogP contribution is -2.20. The molecule has 0 radical (unpaired) electrons. The zero-order valence-electron chi connectivity index (χ0n) is 13.2. The summed E-state index contributed by atoms with van der Waals surface area (Å²) in [6, 6.07) is 15.3. The molecule has 2 aromatic carbocycles. The number of fused-ring (bicyclic) bond motifs is 4. The summed E-state index contributed by atoms with van der Waals surface area (Å²) in [4.78, 5) is 17.9. The van der Waals surface area contributed by atoms with E-state index in [-0.39, 0.29) is 5.56 Å². The van der Waals surface area contributed by atoms with Crippen molar-refractivity contribution in [3.05, 3.63) is 74.9 Å². The summed E-state index contributed by atoms with van der Waals surface area (Å²) >= 11 is 7.66. The molecule has 0 spiro atoms. The first kappa shape index (κ1) is 14.7. The highest BCUT2D eigenvalue weighted by molar-refractivity contribution is 7.18. The summed E-state index contributed by atoms with van der Waals surface area (Å²) in [6.07, 6.45) is 0. The van der Waals surface area contributed by atoms with Gasteiger partial charge in [0.25, 0.3) is 5.56 Å². The number of nitrogens with zero attached hydrogens (tertiary/aromatic N) is 3. The largest absolute Gasteiger partial charge is 0.281 e. The van der Waals surface area contributed by atoms with Gasteiger partial charge >= 0.3 is 0 Å². The van der Waals surface area contributed by atoms with Crippen LogP contribution in [0.1, 0.15) is 5.56 Å². The van der Waals surface area contributed by atoms with Crippen LogP contribution in [0.25, 0.3) is 32.5 Å². The van der Waals surface area contributed by atoms with Crippen molar-refractivity contribution < 1.29 is 0 Å². The number of aromatic nitrogens is 3. The number of hydrogen-bond donors (Lipinski definition) is 0. The zero-order chi connectivity index (χ0) is 17.1. The minimum Gasteiger partial charge on any atom is -0.267 e. The predicted molar refractivity (Wildman–Crippen MR) is 103 cm³/mol. The van der Waals surface area contributed by atoms with Crippen LogP contribution < -0.4 is 5.56 Å². The fourth-order valence-electron chi connectivity index (χ4n) is 3.17. The molecule has 3 aromatic heterocycles. The summed E-state index contributed by atoms with van der Waals surface area (Å²) in [7, 11) is 0. The molecule has 6 heteroatoms. The molecule has 0 saturated heterocycles. The molecule has 0 aliphatic carbocycles. The van der Waals surface area contributed by atoms with Crippen LogP contribution in [0.5, 0.6) is 0 Å². The van der Waals surface area contributed by atoms with Crippen molar-refractivity contribution in [1.29, 1.82) is 0 Å². The Kier molecular flexibility index (Phi) is 3.04. The monoisotopic (exact) mass is 365 g/mol. The van der Waals surface area contributed by atoms with Gasteiger partial charge in [-0.3, -0.25) is 4.79 Å². The van der Waals surface area contributed by atoms with Crippen LogP contribution >= 0.6 is 22.9 Å². The molecule has 25 heavy (non-hydrogen) atoms. The Balaban J connectivity index is 2.02. The van der Waals surface area contributed by atoms with E-state index in [4.69, 9.17) is 16.6 Å². The molecule has 0 amide bonds. The van der Waals surface area contributed by atoms with E-state index in [1.165, 1.54) is 5.56 Å². The molecular formula is C19H12ClN3OS. The van der Waals surface area contributed by atoms with E-state index < -0.39 is 0 Å². The second-order valence-corrected chi connectivity index (χ2v) is 7.35. The van der Waals surface area contributed by atoms with Crippen molar-refractivity contribution in [3.8, 4) is 5.69 Å². The quantitative estimate of drug-likeness (QED) is 0.427. The van der Waals surface area contributed by atoms with Crippen LogP contribution in [0.2, 0.25) is 5.02 Å². The predicted octanol–water partition coefficient (Wildman–Crippen LogP) is 4.81. The molecule has 0 bridgehead atoms. The van der Waals surface area contributed by atoms with Crippen LogP contribution in [-0.2, 0) is 0 Å². The van der Waals surface area contributed by atoms with Gasteiger partial charge in [-0.2, -0.15) is 4.52 Å². The molecule has 3 heterocycles. The number of hydrogen-bond acceptors (Lipinski definition) is 3. The lowest BCUT2D eigenvalue weighted by atomic mass is 10.2. The Labute approximate surface area is 151 Å². The number of thiophene rings is 1. The van der Waals surface area contributed by atoms with E-state index in [2.05, 4.69) is 0 Å². The maximum Gasteiger partial charge on any atom is 0.281 e. The van der Waals surface area contributed by atoms with E-state index in [0.717, 1.165) is 15.9 Å². The fourth-order valence-corrected chi connectivity index (χ4v) is 4.18. The Morgan fingerprint density at radius 1 is 1.08 bits per heavy atom. The van der Waals surface area contributed by atoms with E-state index in [1.54, 1.807) is 34.1 Å². The average Bonchev–Trinajstić information content (AvgIpc) is 3.17. The van der Waals surface area contributed by atoms with Crippen molar-refractivity contribution in [2.45, 2.75) is 6.92 Å². The summed E-state index contributed by atoms with van der Waals surface area (Å²) in [5.41, 5.74) is 4.26. The SMILES string of the molecule is Cc1ccc(-n2c3ccsc3c3nc4cc(Cl)ccc4c(=O)n32)cc1. The number of aryl methyl sites for hydroxylation is 1. The maximum absolute atomic E-state index is 13.2. The first-order valence-corrected chi connectivity index (χ1v) is 9.06. The molecule has 0 atom stereocenters. The van der Waals surface area contributed by atoms with Gasteiger partial charge in [-0.05, 0) is 48.7 Å². The molecule has 4 nitrogen and oxygen atoms in total. The van der Waals surface area contributed by atoms with Gasteiger partial charge in [-0.15, -0.1) is 11.3 Å². The normalized spacial score (nSPS) is 11.8. The van der Waals surface area contributed by atoms with Gasteiger partial charge in [-0.25, -0.2) is 9.67 Å². The van der Waals surface area contributed by atoms with Crippen molar-refractivity contribution in [3.63, 3.8) is 0 Å². The van der Waals surface area contributed by atoms with Crippen molar-refractivity contribution in [2.75, 3.05) is 0 Å². The van der Waals surface area contributed by atoms with Crippen LogP contribution in [0.3, 0.4) is 0 Å². The molecule has 5 aromatic rings. The standard InChI is InChI=1S/C19H12ClN3OS/c1-11-2-5-13(6-3-11)22-16-8-9-25-17(16)18-21-15-10-12(20)4-7-14(15)19(24)23(18)22/h2-10H,1H3. The third kappa shape index (κ3) is 2.06. The first-order valence-electron chi connectivity index (χ1n) is 7.81. The highest BCUT2D eigenvalue weighted by atomic mass is 35.5. The lowest BCUT2D eigenvalue weighted by molar-refractivity contribution is 0.794. The number of rotatable bonds is 1. The molecule has 0 aliphatic rings. The second kappa shape index (κ2) is 5.18. The van der Waals surface area contributed by atoms with Crippen molar-refractivity contribution in [2.24, 2.45) is 0 Å². The van der Waals surface area contributed by atoms with Gasteiger partial charge in [-0.1, -0.05) is 29.3 Å². The molecule has 0 N–H and O–H groups in total. The van der Waals surface area contributed by atoms with Gasteiger partial charge in [0, 0.05) is 5.02 Å². The van der Waals surface area contributed by atoms with Gasteiger partial charge in [0.05, 0.1) is 26.8 Å². The van der Waals surface area contributed by atoms with Crippen LogP contribution in [0, 0.1) is 6.92 Å². The van der Waals surface area contributed by atoms with Crippen LogP contribution in [0.15, 0.2) is 58.7 Å². The molecule has 5 rings (SSSR count).